The molecule has 21 heavy (non-hydrogen) atoms. The zero-order valence-electron chi connectivity index (χ0n) is 10.6. The van der Waals surface area contributed by atoms with Crippen LogP contribution < -0.4 is 10.6 Å². The second-order valence-corrected chi connectivity index (χ2v) is 4.57. The van der Waals surface area contributed by atoms with Crippen molar-refractivity contribution in [1.82, 2.24) is 0 Å². The summed E-state index contributed by atoms with van der Waals surface area (Å²) in [6.07, 6.45) is 0. The minimum atomic E-state index is -1.59. The molecule has 3 nitrogen and oxygen atoms in total. The Hall–Kier alpha value is -2.21. The van der Waals surface area contributed by atoms with Gasteiger partial charge in [0.2, 0.25) is 5.91 Å². The molecule has 0 atom stereocenters. The summed E-state index contributed by atoms with van der Waals surface area (Å²) in [6.45, 7) is -0.301. The van der Waals surface area contributed by atoms with E-state index in [0.717, 1.165) is 12.1 Å². The fraction of sp³-hybridized carbons (Fsp3) is 0.0714. The predicted molar refractivity (Wildman–Crippen MR) is 74.9 cm³/mol. The molecule has 0 saturated carbocycles. The highest BCUT2D eigenvalue weighted by Gasteiger charge is 2.13. The third kappa shape index (κ3) is 3.88. The molecule has 2 N–H and O–H groups in total. The third-order valence-electron chi connectivity index (χ3n) is 2.60. The molecule has 2 aromatic carbocycles. The molecule has 0 aliphatic rings. The molecule has 2 aromatic rings. The van der Waals surface area contributed by atoms with E-state index in [4.69, 9.17) is 11.6 Å². The Morgan fingerprint density at radius 3 is 2.33 bits per heavy atom. The monoisotopic (exact) mass is 314 g/mol. The van der Waals surface area contributed by atoms with Crippen LogP contribution in [0.5, 0.6) is 0 Å². The minimum absolute atomic E-state index is 0.292. The molecule has 0 aliphatic heterocycles. The fourth-order valence-corrected chi connectivity index (χ4v) is 1.70. The average molecular weight is 315 g/mol. The topological polar surface area (TPSA) is 41.1 Å². The van der Waals surface area contributed by atoms with Gasteiger partial charge in [0.1, 0.15) is 0 Å². The van der Waals surface area contributed by atoms with Crippen LogP contribution in [0.4, 0.5) is 24.5 Å². The van der Waals surface area contributed by atoms with Gasteiger partial charge < -0.3 is 10.6 Å². The molecule has 0 fully saturated rings. The van der Waals surface area contributed by atoms with Gasteiger partial charge in [-0.05, 0) is 36.4 Å². The minimum Gasteiger partial charge on any atom is -0.374 e. The van der Waals surface area contributed by atoms with Gasteiger partial charge >= 0.3 is 0 Å². The van der Waals surface area contributed by atoms with Gasteiger partial charge in [-0.2, -0.15) is 0 Å². The van der Waals surface area contributed by atoms with Gasteiger partial charge in [-0.15, -0.1) is 0 Å². The van der Waals surface area contributed by atoms with E-state index in [1.165, 1.54) is 0 Å². The Kier molecular flexibility index (Phi) is 4.70. The summed E-state index contributed by atoms with van der Waals surface area (Å²) in [4.78, 5) is 11.6. The van der Waals surface area contributed by atoms with Gasteiger partial charge in [0.25, 0.3) is 0 Å². The van der Waals surface area contributed by atoms with Crippen molar-refractivity contribution in [2.45, 2.75) is 0 Å². The van der Waals surface area contributed by atoms with Crippen LogP contribution in [0.3, 0.4) is 0 Å². The molecule has 2 rings (SSSR count). The maximum absolute atomic E-state index is 13.4. The van der Waals surface area contributed by atoms with Crippen LogP contribution in [-0.4, -0.2) is 12.5 Å². The molecule has 0 aromatic heterocycles. The molecule has 0 aliphatic carbocycles. The van der Waals surface area contributed by atoms with Crippen molar-refractivity contribution in [3.05, 3.63) is 58.9 Å². The molecule has 0 radical (unpaired) electrons. The van der Waals surface area contributed by atoms with Gasteiger partial charge in [-0.3, -0.25) is 4.79 Å². The first-order valence-electron chi connectivity index (χ1n) is 5.90. The average Bonchev–Trinajstić information content (AvgIpc) is 2.46. The number of amides is 1. The number of hydrogen-bond acceptors (Lipinski definition) is 2. The summed E-state index contributed by atoms with van der Waals surface area (Å²) in [5, 5.41) is 5.45. The van der Waals surface area contributed by atoms with Crippen molar-refractivity contribution >= 4 is 28.9 Å². The SMILES string of the molecule is O=C(CNc1ccc(F)c(F)c1F)Nc1ccc(Cl)cc1. The van der Waals surface area contributed by atoms with E-state index in [-0.39, 0.29) is 12.2 Å². The lowest BCUT2D eigenvalue weighted by Crippen LogP contribution is -2.22. The van der Waals surface area contributed by atoms with E-state index in [1.807, 2.05) is 0 Å². The molecule has 0 spiro atoms. The lowest BCUT2D eigenvalue weighted by molar-refractivity contribution is -0.114. The van der Waals surface area contributed by atoms with Crippen LogP contribution in [0.15, 0.2) is 36.4 Å². The molecule has 0 heterocycles. The fourth-order valence-electron chi connectivity index (χ4n) is 1.58. The van der Waals surface area contributed by atoms with Crippen LogP contribution in [-0.2, 0) is 4.79 Å². The van der Waals surface area contributed by atoms with Gasteiger partial charge in [0, 0.05) is 10.7 Å². The number of carbonyl (C=O) groups is 1. The molecule has 1 amide bonds. The number of rotatable bonds is 4. The number of carbonyl (C=O) groups excluding carboxylic acids is 1. The second-order valence-electron chi connectivity index (χ2n) is 4.13. The molecule has 0 unspecified atom stereocenters. The lowest BCUT2D eigenvalue weighted by Gasteiger charge is -2.09. The van der Waals surface area contributed by atoms with Crippen molar-refractivity contribution in [3.63, 3.8) is 0 Å². The summed E-state index contributed by atoms with van der Waals surface area (Å²) in [6, 6.07) is 8.18. The Balaban J connectivity index is 1.95. The first-order valence-corrected chi connectivity index (χ1v) is 6.28. The van der Waals surface area contributed by atoms with Crippen LogP contribution >= 0.6 is 11.6 Å². The maximum Gasteiger partial charge on any atom is 0.243 e. The zero-order chi connectivity index (χ0) is 15.4. The van der Waals surface area contributed by atoms with Gasteiger partial charge in [0.15, 0.2) is 17.5 Å². The Morgan fingerprint density at radius 1 is 1.00 bits per heavy atom. The summed E-state index contributed by atoms with van der Waals surface area (Å²) < 4.78 is 39.1. The number of hydrogen-bond donors (Lipinski definition) is 2. The van der Waals surface area contributed by atoms with Gasteiger partial charge in [-0.25, -0.2) is 13.2 Å². The third-order valence-corrected chi connectivity index (χ3v) is 2.85. The van der Waals surface area contributed by atoms with Crippen molar-refractivity contribution in [2.75, 3.05) is 17.2 Å². The maximum atomic E-state index is 13.4. The quantitative estimate of drug-likeness (QED) is 0.843. The smallest absolute Gasteiger partial charge is 0.243 e. The molecule has 110 valence electrons. The van der Waals surface area contributed by atoms with E-state index in [9.17, 15) is 18.0 Å². The van der Waals surface area contributed by atoms with Crippen LogP contribution in [0.2, 0.25) is 5.02 Å². The summed E-state index contributed by atoms with van der Waals surface area (Å²) in [5.41, 5.74) is 0.220. The normalized spacial score (nSPS) is 10.3. The standard InChI is InChI=1S/C14H10ClF3N2O/c15-8-1-3-9(4-2-8)20-12(21)7-19-11-6-5-10(16)13(17)14(11)18/h1-6,19H,7H2,(H,20,21). The van der Waals surface area contributed by atoms with Gasteiger partial charge in [0.05, 0.1) is 12.2 Å². The van der Waals surface area contributed by atoms with E-state index < -0.39 is 23.4 Å². The van der Waals surface area contributed by atoms with E-state index in [1.54, 1.807) is 24.3 Å². The Labute approximate surface area is 123 Å². The lowest BCUT2D eigenvalue weighted by atomic mass is 10.2. The first-order chi connectivity index (χ1) is 9.97. The molecule has 0 bridgehead atoms. The van der Waals surface area contributed by atoms with Crippen LogP contribution in [0.1, 0.15) is 0 Å². The first kappa shape index (κ1) is 15.2. The van der Waals surface area contributed by atoms with Crippen LogP contribution in [0.25, 0.3) is 0 Å². The molecule has 7 heteroatoms. The van der Waals surface area contributed by atoms with E-state index in [0.29, 0.717) is 10.7 Å². The van der Waals surface area contributed by atoms with Crippen molar-refractivity contribution in [1.29, 1.82) is 0 Å². The highest BCUT2D eigenvalue weighted by Crippen LogP contribution is 2.19. The molecular weight excluding hydrogens is 305 g/mol. The summed E-state index contributed by atoms with van der Waals surface area (Å²) >= 11 is 5.70. The van der Waals surface area contributed by atoms with Crippen molar-refractivity contribution in [3.8, 4) is 0 Å². The number of benzene rings is 2. The molecule has 0 saturated heterocycles. The van der Waals surface area contributed by atoms with Crippen LogP contribution in [0, 0.1) is 17.5 Å². The number of nitrogens with one attached hydrogen (secondary N) is 2. The highest BCUT2D eigenvalue weighted by atomic mass is 35.5. The largest absolute Gasteiger partial charge is 0.374 e. The zero-order valence-corrected chi connectivity index (χ0v) is 11.3. The number of anilines is 2. The highest BCUT2D eigenvalue weighted by molar-refractivity contribution is 6.30. The second kappa shape index (κ2) is 6.49. The summed E-state index contributed by atoms with van der Waals surface area (Å²) in [7, 11) is 0. The van der Waals surface area contributed by atoms with Crippen molar-refractivity contribution < 1.29 is 18.0 Å². The van der Waals surface area contributed by atoms with Gasteiger partial charge in [-0.1, -0.05) is 11.6 Å². The van der Waals surface area contributed by atoms with E-state index in [2.05, 4.69) is 10.6 Å². The molecular formula is C14H10ClF3N2O. The number of halogens is 4. The van der Waals surface area contributed by atoms with Crippen molar-refractivity contribution in [2.24, 2.45) is 0 Å². The Bertz CT molecular complexity index is 662. The summed E-state index contributed by atoms with van der Waals surface area (Å²) in [5.74, 6) is -4.71. The Morgan fingerprint density at radius 2 is 1.67 bits per heavy atom. The predicted octanol–water partition coefficient (Wildman–Crippen LogP) is 3.81. The van der Waals surface area contributed by atoms with E-state index >= 15 is 0 Å².